The molecule has 2 saturated heterocycles. The SMILES string of the molecule is CC1CC(C)C(C2CCC3OC3C2)C2OC12. The van der Waals surface area contributed by atoms with Crippen molar-refractivity contribution in [3.05, 3.63) is 0 Å². The molecule has 2 heteroatoms. The minimum atomic E-state index is 0.610. The Kier molecular flexibility index (Phi) is 2.00. The summed E-state index contributed by atoms with van der Waals surface area (Å²) in [5.74, 6) is 3.39. The first kappa shape index (κ1) is 9.90. The molecule has 90 valence electrons. The summed E-state index contributed by atoms with van der Waals surface area (Å²) in [5, 5.41) is 0. The number of hydrogen-bond acceptors (Lipinski definition) is 2. The Labute approximate surface area is 97.7 Å². The molecule has 0 aromatic carbocycles. The molecule has 2 saturated carbocycles. The van der Waals surface area contributed by atoms with E-state index in [9.17, 15) is 0 Å². The van der Waals surface area contributed by atoms with Crippen molar-refractivity contribution in [1.29, 1.82) is 0 Å². The fourth-order valence-corrected chi connectivity index (χ4v) is 4.62. The van der Waals surface area contributed by atoms with Crippen LogP contribution in [0.25, 0.3) is 0 Å². The molecule has 4 fully saturated rings. The van der Waals surface area contributed by atoms with Crippen LogP contribution in [0, 0.1) is 23.7 Å². The van der Waals surface area contributed by atoms with Crippen molar-refractivity contribution in [1.82, 2.24) is 0 Å². The van der Waals surface area contributed by atoms with Crippen molar-refractivity contribution >= 4 is 0 Å². The van der Waals surface area contributed by atoms with Gasteiger partial charge in [0.05, 0.1) is 24.4 Å². The van der Waals surface area contributed by atoms with E-state index in [1.54, 1.807) is 0 Å². The molecule has 0 radical (unpaired) electrons. The zero-order chi connectivity index (χ0) is 10.9. The summed E-state index contributed by atoms with van der Waals surface area (Å²) in [4.78, 5) is 0. The Morgan fingerprint density at radius 3 is 2.50 bits per heavy atom. The fourth-order valence-electron chi connectivity index (χ4n) is 4.62. The average molecular weight is 222 g/mol. The molecule has 4 aliphatic rings. The lowest BCUT2D eigenvalue weighted by atomic mass is 9.66. The van der Waals surface area contributed by atoms with Crippen LogP contribution in [0.15, 0.2) is 0 Å². The van der Waals surface area contributed by atoms with Gasteiger partial charge in [-0.2, -0.15) is 0 Å². The van der Waals surface area contributed by atoms with Crippen LogP contribution in [0.2, 0.25) is 0 Å². The first-order chi connectivity index (χ1) is 7.74. The molecule has 8 atom stereocenters. The van der Waals surface area contributed by atoms with Crippen molar-refractivity contribution in [2.75, 3.05) is 0 Å². The molecule has 2 heterocycles. The highest BCUT2D eigenvalue weighted by molar-refractivity contribution is 5.05. The average Bonchev–Trinajstić information content (AvgIpc) is 3.10. The van der Waals surface area contributed by atoms with Gasteiger partial charge in [0.15, 0.2) is 0 Å². The van der Waals surface area contributed by atoms with Gasteiger partial charge in [0.2, 0.25) is 0 Å². The molecule has 16 heavy (non-hydrogen) atoms. The third-order valence-electron chi connectivity index (χ3n) is 5.49. The Bertz CT molecular complexity index is 301. The van der Waals surface area contributed by atoms with Crippen LogP contribution in [0.3, 0.4) is 0 Å². The van der Waals surface area contributed by atoms with Gasteiger partial charge in [-0.05, 0) is 49.4 Å². The summed E-state index contributed by atoms with van der Waals surface area (Å²) in [7, 11) is 0. The topological polar surface area (TPSA) is 25.1 Å². The number of rotatable bonds is 1. The van der Waals surface area contributed by atoms with Gasteiger partial charge in [0, 0.05) is 0 Å². The van der Waals surface area contributed by atoms with Gasteiger partial charge in [0.1, 0.15) is 0 Å². The summed E-state index contributed by atoms with van der Waals surface area (Å²) in [6, 6.07) is 0. The van der Waals surface area contributed by atoms with Gasteiger partial charge >= 0.3 is 0 Å². The van der Waals surface area contributed by atoms with E-state index in [-0.39, 0.29) is 0 Å². The third-order valence-corrected chi connectivity index (χ3v) is 5.49. The van der Waals surface area contributed by atoms with Gasteiger partial charge in [-0.15, -0.1) is 0 Å². The second-order valence-electron chi connectivity index (χ2n) is 6.62. The number of hydrogen-bond donors (Lipinski definition) is 0. The Balaban J connectivity index is 1.49. The van der Waals surface area contributed by atoms with E-state index in [0.717, 1.165) is 23.7 Å². The highest BCUT2D eigenvalue weighted by atomic mass is 16.6. The number of fused-ring (bicyclic) bond motifs is 2. The van der Waals surface area contributed by atoms with Crippen LogP contribution in [-0.2, 0) is 9.47 Å². The molecule has 2 aliphatic carbocycles. The zero-order valence-electron chi connectivity index (χ0n) is 10.3. The first-order valence-corrected chi connectivity index (χ1v) is 7.05. The van der Waals surface area contributed by atoms with Crippen LogP contribution in [-0.4, -0.2) is 24.4 Å². The second kappa shape index (κ2) is 3.23. The van der Waals surface area contributed by atoms with Gasteiger partial charge in [-0.25, -0.2) is 0 Å². The molecule has 0 aromatic heterocycles. The monoisotopic (exact) mass is 222 g/mol. The molecule has 2 aliphatic heterocycles. The van der Waals surface area contributed by atoms with E-state index < -0.39 is 0 Å². The molecule has 4 rings (SSSR count). The lowest BCUT2D eigenvalue weighted by Gasteiger charge is -2.36. The fraction of sp³-hybridized carbons (Fsp3) is 1.00. The quantitative estimate of drug-likeness (QED) is 0.637. The summed E-state index contributed by atoms with van der Waals surface area (Å²) in [6.07, 6.45) is 7.88. The maximum absolute atomic E-state index is 5.93. The van der Waals surface area contributed by atoms with Crippen LogP contribution < -0.4 is 0 Å². The van der Waals surface area contributed by atoms with Gasteiger partial charge in [-0.3, -0.25) is 0 Å². The summed E-state index contributed by atoms with van der Waals surface area (Å²) in [6.45, 7) is 4.80. The van der Waals surface area contributed by atoms with Gasteiger partial charge < -0.3 is 9.47 Å². The van der Waals surface area contributed by atoms with E-state index in [0.29, 0.717) is 24.4 Å². The standard InChI is InChI=1S/C14H22O2/c1-7-5-8(2)13-14(16-13)12(7)9-3-4-10-11(6-9)15-10/h7-14H,3-6H2,1-2H3. The van der Waals surface area contributed by atoms with Crippen LogP contribution in [0.4, 0.5) is 0 Å². The van der Waals surface area contributed by atoms with Crippen molar-refractivity contribution in [2.45, 2.75) is 63.9 Å². The van der Waals surface area contributed by atoms with Crippen molar-refractivity contribution in [3.63, 3.8) is 0 Å². The smallest absolute Gasteiger partial charge is 0.0877 e. The Morgan fingerprint density at radius 2 is 1.69 bits per heavy atom. The van der Waals surface area contributed by atoms with E-state index >= 15 is 0 Å². The predicted octanol–water partition coefficient (Wildman–Crippen LogP) is 2.61. The minimum Gasteiger partial charge on any atom is -0.370 e. The van der Waals surface area contributed by atoms with E-state index in [2.05, 4.69) is 13.8 Å². The molecule has 0 amide bonds. The second-order valence-corrected chi connectivity index (χ2v) is 6.62. The largest absolute Gasteiger partial charge is 0.370 e. The van der Waals surface area contributed by atoms with Crippen LogP contribution in [0.1, 0.15) is 39.5 Å². The summed E-state index contributed by atoms with van der Waals surface area (Å²) in [5.41, 5.74) is 0. The molecule has 0 aromatic rings. The predicted molar refractivity (Wildman–Crippen MR) is 61.1 cm³/mol. The van der Waals surface area contributed by atoms with Crippen molar-refractivity contribution in [3.8, 4) is 0 Å². The molecule has 0 spiro atoms. The molecule has 0 bridgehead atoms. The number of ether oxygens (including phenoxy) is 2. The molecule has 8 unspecified atom stereocenters. The summed E-state index contributed by atoms with van der Waals surface area (Å²) < 4.78 is 11.6. The van der Waals surface area contributed by atoms with Crippen LogP contribution in [0.5, 0.6) is 0 Å². The highest BCUT2D eigenvalue weighted by Crippen LogP contribution is 2.54. The molecule has 0 N–H and O–H groups in total. The third kappa shape index (κ3) is 1.39. The van der Waals surface area contributed by atoms with Gasteiger partial charge in [-0.1, -0.05) is 13.8 Å². The zero-order valence-corrected chi connectivity index (χ0v) is 10.3. The van der Waals surface area contributed by atoms with Crippen molar-refractivity contribution in [2.24, 2.45) is 23.7 Å². The minimum absolute atomic E-state index is 0.610. The lowest BCUT2D eigenvalue weighted by Crippen LogP contribution is -2.36. The summed E-state index contributed by atoms with van der Waals surface area (Å²) >= 11 is 0. The van der Waals surface area contributed by atoms with Gasteiger partial charge in [0.25, 0.3) is 0 Å². The maximum atomic E-state index is 5.93. The maximum Gasteiger partial charge on any atom is 0.0877 e. The molecular formula is C14H22O2. The first-order valence-electron chi connectivity index (χ1n) is 7.05. The van der Waals surface area contributed by atoms with E-state index in [1.165, 1.54) is 25.7 Å². The lowest BCUT2D eigenvalue weighted by molar-refractivity contribution is 0.136. The highest BCUT2D eigenvalue weighted by Gasteiger charge is 2.57. The van der Waals surface area contributed by atoms with E-state index in [1.807, 2.05) is 0 Å². The van der Waals surface area contributed by atoms with E-state index in [4.69, 9.17) is 9.47 Å². The Morgan fingerprint density at radius 1 is 0.812 bits per heavy atom. The normalized spacial score (nSPS) is 63.4. The Hall–Kier alpha value is -0.0800. The molecular weight excluding hydrogens is 200 g/mol. The van der Waals surface area contributed by atoms with Crippen LogP contribution >= 0.6 is 0 Å². The molecule has 2 nitrogen and oxygen atoms in total. The number of epoxide rings is 2. The van der Waals surface area contributed by atoms with Crippen molar-refractivity contribution < 1.29 is 9.47 Å².